The van der Waals surface area contributed by atoms with Gasteiger partial charge in [-0.2, -0.15) is 0 Å². The fourth-order valence-electron chi connectivity index (χ4n) is 0.479. The molecule has 4 heteroatoms. The Bertz CT molecular complexity index is 152. The first-order chi connectivity index (χ1) is 4.95. The zero-order valence-electron chi connectivity index (χ0n) is 7.84. The number of rotatable bonds is 4. The van der Waals surface area contributed by atoms with Crippen molar-refractivity contribution in [2.75, 3.05) is 34.3 Å². The summed E-state index contributed by atoms with van der Waals surface area (Å²) >= 11 is 0. The smallest absolute Gasteiger partial charge is 0.330 e. The Morgan fingerprint density at radius 3 is 2.33 bits per heavy atom. The number of carbonyl (C=O) groups excluding carboxylic acids is 1. The second-order valence-electron chi connectivity index (χ2n) is 3.39. The summed E-state index contributed by atoms with van der Waals surface area (Å²) in [6.45, 7) is 4.57. The van der Waals surface area contributed by atoms with Crippen molar-refractivity contribution in [3.8, 4) is 0 Å². The first-order valence-corrected chi connectivity index (χ1v) is 3.55. The maximum absolute atomic E-state index is 10.6. The summed E-state index contributed by atoms with van der Waals surface area (Å²) in [6, 6.07) is 0. The van der Waals surface area contributed by atoms with E-state index in [1.165, 1.54) is 6.08 Å². The minimum atomic E-state index is -0.349. The monoisotopic (exact) mass is 177 g/mol. The van der Waals surface area contributed by atoms with Gasteiger partial charge in [0.15, 0.2) is 0 Å². The number of esters is 1. The van der Waals surface area contributed by atoms with Crippen LogP contribution in [0, 0.1) is 0 Å². The van der Waals surface area contributed by atoms with E-state index in [0.717, 1.165) is 11.0 Å². The molecule has 0 radical (unpaired) electrons. The van der Waals surface area contributed by atoms with E-state index in [2.05, 4.69) is 6.58 Å². The van der Waals surface area contributed by atoms with Crippen LogP contribution < -0.4 is 4.70 Å². The molecule has 0 heterocycles. The standard InChI is InChI=1S/C8H16NO2.FH/c1-5-8(10)11-7-6-9(2,3)4;/h5H,1,6-7H2,2-4H3;1H/q+1;/p-1. The number of likely N-dealkylation sites (N-methyl/N-ethyl adjacent to an activating group) is 1. The van der Waals surface area contributed by atoms with Gasteiger partial charge in [0.25, 0.3) is 0 Å². The Balaban J connectivity index is 0. The van der Waals surface area contributed by atoms with Crippen molar-refractivity contribution < 1.29 is 18.7 Å². The molecule has 72 valence electrons. The van der Waals surface area contributed by atoms with Gasteiger partial charge in [-0.05, 0) is 0 Å². The molecule has 0 aromatic heterocycles. The van der Waals surface area contributed by atoms with E-state index in [0.29, 0.717) is 6.61 Å². The summed E-state index contributed by atoms with van der Waals surface area (Å²) in [6.07, 6.45) is 1.18. The predicted octanol–water partition coefficient (Wildman–Crippen LogP) is -2.57. The molecule has 0 N–H and O–H groups in total. The highest BCUT2D eigenvalue weighted by molar-refractivity contribution is 5.81. The number of carbonyl (C=O) groups is 1. The van der Waals surface area contributed by atoms with Gasteiger partial charge in [0, 0.05) is 6.08 Å². The van der Waals surface area contributed by atoms with Crippen molar-refractivity contribution in [3.63, 3.8) is 0 Å². The van der Waals surface area contributed by atoms with E-state index in [9.17, 15) is 4.79 Å². The molecule has 0 bridgehead atoms. The molecule has 0 spiro atoms. The van der Waals surface area contributed by atoms with Crippen molar-refractivity contribution in [3.05, 3.63) is 12.7 Å². The molecule has 0 saturated carbocycles. The Morgan fingerprint density at radius 2 is 2.00 bits per heavy atom. The van der Waals surface area contributed by atoms with Gasteiger partial charge in [-0.15, -0.1) is 0 Å². The van der Waals surface area contributed by atoms with Crippen LogP contribution in [-0.4, -0.2) is 44.7 Å². The first kappa shape index (κ1) is 13.7. The number of ether oxygens (including phenoxy) is 1. The zero-order valence-corrected chi connectivity index (χ0v) is 7.84. The minimum absolute atomic E-state index is 0. The van der Waals surface area contributed by atoms with E-state index in [1.54, 1.807) is 0 Å². The fourth-order valence-corrected chi connectivity index (χ4v) is 0.479. The molecule has 3 nitrogen and oxygen atoms in total. The average Bonchev–Trinajstić information content (AvgIpc) is 1.85. The highest BCUT2D eigenvalue weighted by Gasteiger charge is 2.06. The van der Waals surface area contributed by atoms with Gasteiger partial charge in [0.1, 0.15) is 13.2 Å². The van der Waals surface area contributed by atoms with Gasteiger partial charge in [0.2, 0.25) is 0 Å². The molecular formula is C8H16FNO2. The molecule has 0 aliphatic rings. The quantitative estimate of drug-likeness (QED) is 0.268. The van der Waals surface area contributed by atoms with Crippen molar-refractivity contribution in [1.82, 2.24) is 0 Å². The van der Waals surface area contributed by atoms with Crippen LogP contribution in [0.25, 0.3) is 0 Å². The number of nitrogens with zero attached hydrogens (tertiary/aromatic N) is 1. The molecule has 0 rings (SSSR count). The largest absolute Gasteiger partial charge is 1.00 e. The summed E-state index contributed by atoms with van der Waals surface area (Å²) < 4.78 is 5.59. The highest BCUT2D eigenvalue weighted by atomic mass is 19.0. The van der Waals surface area contributed by atoms with Crippen molar-refractivity contribution in [2.45, 2.75) is 0 Å². The van der Waals surface area contributed by atoms with Gasteiger partial charge >= 0.3 is 5.97 Å². The number of hydrogen-bond acceptors (Lipinski definition) is 2. The lowest BCUT2D eigenvalue weighted by Crippen LogP contribution is -3.00. The molecule has 0 aliphatic carbocycles. The Hall–Kier alpha value is -0.900. The zero-order chi connectivity index (χ0) is 8.91. The lowest BCUT2D eigenvalue weighted by Gasteiger charge is -2.23. The van der Waals surface area contributed by atoms with Crippen molar-refractivity contribution >= 4 is 5.97 Å². The lowest BCUT2D eigenvalue weighted by atomic mass is 10.5. The van der Waals surface area contributed by atoms with Crippen LogP contribution in [0.2, 0.25) is 0 Å². The maximum Gasteiger partial charge on any atom is 0.330 e. The summed E-state index contributed by atoms with van der Waals surface area (Å²) in [7, 11) is 6.13. The molecule has 0 saturated heterocycles. The predicted molar refractivity (Wildman–Crippen MR) is 44.1 cm³/mol. The van der Waals surface area contributed by atoms with E-state index in [1.807, 2.05) is 21.1 Å². The SMILES string of the molecule is C=CC(=O)OCC[N+](C)(C)C.[F-]. The molecule has 0 unspecified atom stereocenters. The Kier molecular flexibility index (Phi) is 6.51. The second kappa shape index (κ2) is 5.71. The summed E-state index contributed by atoms with van der Waals surface area (Å²) in [4.78, 5) is 10.6. The van der Waals surface area contributed by atoms with E-state index >= 15 is 0 Å². The maximum atomic E-state index is 10.6. The Morgan fingerprint density at radius 1 is 1.50 bits per heavy atom. The second-order valence-corrected chi connectivity index (χ2v) is 3.39. The van der Waals surface area contributed by atoms with Crippen LogP contribution in [0.4, 0.5) is 0 Å². The minimum Gasteiger partial charge on any atom is -1.00 e. The third-order valence-corrected chi connectivity index (χ3v) is 1.17. The molecule has 12 heavy (non-hydrogen) atoms. The summed E-state index contributed by atoms with van der Waals surface area (Å²) in [5.74, 6) is -0.349. The molecule has 0 amide bonds. The van der Waals surface area contributed by atoms with Crippen LogP contribution in [0.1, 0.15) is 0 Å². The molecule has 0 aromatic rings. The van der Waals surface area contributed by atoms with Crippen LogP contribution in [0.3, 0.4) is 0 Å². The number of quaternary nitrogens is 1. The molecule has 0 aliphatic heterocycles. The fraction of sp³-hybridized carbons (Fsp3) is 0.625. The number of hydrogen-bond donors (Lipinski definition) is 0. The van der Waals surface area contributed by atoms with Gasteiger partial charge in [-0.25, -0.2) is 4.79 Å². The normalized spacial score (nSPS) is 9.92. The molecule has 0 fully saturated rings. The van der Waals surface area contributed by atoms with Gasteiger partial charge in [-0.1, -0.05) is 6.58 Å². The molecular weight excluding hydrogens is 161 g/mol. The average molecular weight is 177 g/mol. The Labute approximate surface area is 72.6 Å². The summed E-state index contributed by atoms with van der Waals surface area (Å²) in [5.41, 5.74) is 0. The van der Waals surface area contributed by atoms with Crippen LogP contribution in [0.5, 0.6) is 0 Å². The van der Waals surface area contributed by atoms with E-state index in [4.69, 9.17) is 4.74 Å². The van der Waals surface area contributed by atoms with Gasteiger partial charge in [0.05, 0.1) is 21.1 Å². The third kappa shape index (κ3) is 9.10. The van der Waals surface area contributed by atoms with Crippen LogP contribution >= 0.6 is 0 Å². The number of halogens is 1. The first-order valence-electron chi connectivity index (χ1n) is 3.55. The topological polar surface area (TPSA) is 26.3 Å². The lowest BCUT2D eigenvalue weighted by molar-refractivity contribution is -0.870. The van der Waals surface area contributed by atoms with Crippen molar-refractivity contribution in [1.29, 1.82) is 0 Å². The van der Waals surface area contributed by atoms with Gasteiger partial charge < -0.3 is 13.9 Å². The third-order valence-electron chi connectivity index (χ3n) is 1.17. The van der Waals surface area contributed by atoms with E-state index in [-0.39, 0.29) is 10.7 Å². The van der Waals surface area contributed by atoms with Crippen LogP contribution in [0.15, 0.2) is 12.7 Å². The van der Waals surface area contributed by atoms with Crippen molar-refractivity contribution in [2.24, 2.45) is 0 Å². The molecule has 0 atom stereocenters. The molecule has 0 aromatic carbocycles. The summed E-state index contributed by atoms with van der Waals surface area (Å²) in [5, 5.41) is 0. The highest BCUT2D eigenvalue weighted by Crippen LogP contribution is 1.89. The van der Waals surface area contributed by atoms with Gasteiger partial charge in [-0.3, -0.25) is 0 Å². The van der Waals surface area contributed by atoms with Crippen LogP contribution in [-0.2, 0) is 9.53 Å². The van der Waals surface area contributed by atoms with E-state index < -0.39 is 0 Å².